The van der Waals surface area contributed by atoms with Gasteiger partial charge >= 0.3 is 0 Å². The van der Waals surface area contributed by atoms with Crippen molar-refractivity contribution in [1.29, 1.82) is 0 Å². The number of carbonyl (C=O) groups excluding carboxylic acids is 1. The number of hydrogen-bond acceptors (Lipinski definition) is 2. The number of nitrogens with zero attached hydrogens (tertiary/aromatic N) is 1. The van der Waals surface area contributed by atoms with E-state index in [4.69, 9.17) is 0 Å². The first-order valence-corrected chi connectivity index (χ1v) is 11.2. The highest BCUT2D eigenvalue weighted by molar-refractivity contribution is 6.83. The van der Waals surface area contributed by atoms with Crippen molar-refractivity contribution in [3.8, 4) is 11.5 Å². The number of unbranched alkanes of at least 4 members (excludes halogenated alkanes) is 2. The summed E-state index contributed by atoms with van der Waals surface area (Å²) >= 11 is 0. The zero-order valence-electron chi connectivity index (χ0n) is 13.3. The highest BCUT2D eigenvalue weighted by Gasteiger charge is 2.15. The number of hydrogen-bond donors (Lipinski definition) is 1. The van der Waals surface area contributed by atoms with Crippen LogP contribution in [0.5, 0.6) is 0 Å². The van der Waals surface area contributed by atoms with Crippen molar-refractivity contribution in [3.63, 3.8) is 0 Å². The van der Waals surface area contributed by atoms with Crippen LogP contribution in [0.2, 0.25) is 19.6 Å². The van der Waals surface area contributed by atoms with Gasteiger partial charge in [-0.05, 0) is 36.8 Å². The molecule has 0 unspecified atom stereocenters. The summed E-state index contributed by atoms with van der Waals surface area (Å²) in [5, 5.41) is 2.82. The SMILES string of the molecule is C[Si](C)(C)C#CCCCCc1cnc2c(c1)CCC(=O)N2. The second-order valence-corrected chi connectivity index (χ2v) is 11.4. The summed E-state index contributed by atoms with van der Waals surface area (Å²) in [4.78, 5) is 15.7. The maximum Gasteiger partial charge on any atom is 0.225 e. The number of aromatic nitrogens is 1. The minimum Gasteiger partial charge on any atom is -0.310 e. The van der Waals surface area contributed by atoms with E-state index in [1.54, 1.807) is 0 Å². The molecule has 0 saturated carbocycles. The van der Waals surface area contributed by atoms with Crippen molar-refractivity contribution in [2.45, 2.75) is 58.2 Å². The van der Waals surface area contributed by atoms with Gasteiger partial charge in [0.2, 0.25) is 5.91 Å². The molecule has 112 valence electrons. The minimum atomic E-state index is -1.21. The largest absolute Gasteiger partial charge is 0.310 e. The zero-order chi connectivity index (χ0) is 15.3. The first-order chi connectivity index (χ1) is 9.94. The maximum atomic E-state index is 11.3. The second kappa shape index (κ2) is 6.90. The van der Waals surface area contributed by atoms with Crippen molar-refractivity contribution in [2.75, 3.05) is 5.32 Å². The van der Waals surface area contributed by atoms with Crippen LogP contribution in [-0.4, -0.2) is 19.0 Å². The van der Waals surface area contributed by atoms with Crippen LogP contribution >= 0.6 is 0 Å². The predicted octanol–water partition coefficient (Wildman–Crippen LogP) is 3.56. The van der Waals surface area contributed by atoms with Crippen molar-refractivity contribution < 1.29 is 4.79 Å². The van der Waals surface area contributed by atoms with Gasteiger partial charge in [0.15, 0.2) is 0 Å². The van der Waals surface area contributed by atoms with Crippen LogP contribution in [0.1, 0.15) is 36.8 Å². The third-order valence-corrected chi connectivity index (χ3v) is 4.31. The number of fused-ring (bicyclic) bond motifs is 1. The third-order valence-electron chi connectivity index (χ3n) is 3.38. The van der Waals surface area contributed by atoms with Gasteiger partial charge in [0.05, 0.1) is 0 Å². The lowest BCUT2D eigenvalue weighted by Gasteiger charge is -2.16. The molecule has 1 N–H and O–H groups in total. The molecule has 0 saturated heterocycles. The van der Waals surface area contributed by atoms with Gasteiger partial charge in [-0.2, -0.15) is 0 Å². The fourth-order valence-corrected chi connectivity index (χ4v) is 2.97. The fourth-order valence-electron chi connectivity index (χ4n) is 2.31. The lowest BCUT2D eigenvalue weighted by atomic mass is 10.0. The van der Waals surface area contributed by atoms with Crippen molar-refractivity contribution >= 4 is 19.8 Å². The highest BCUT2D eigenvalue weighted by atomic mass is 28.3. The van der Waals surface area contributed by atoms with Gasteiger partial charge in [-0.15, -0.1) is 11.5 Å². The van der Waals surface area contributed by atoms with Gasteiger partial charge in [-0.1, -0.05) is 25.7 Å². The van der Waals surface area contributed by atoms with Gasteiger partial charge in [0.25, 0.3) is 0 Å². The fraction of sp³-hybridized carbons (Fsp3) is 0.529. The van der Waals surface area contributed by atoms with E-state index >= 15 is 0 Å². The Balaban J connectivity index is 1.79. The van der Waals surface area contributed by atoms with Crippen LogP contribution in [0.4, 0.5) is 5.82 Å². The molecule has 3 nitrogen and oxygen atoms in total. The molecule has 4 heteroatoms. The van der Waals surface area contributed by atoms with E-state index in [0.717, 1.165) is 37.9 Å². The van der Waals surface area contributed by atoms with E-state index in [9.17, 15) is 4.79 Å². The standard InChI is InChI=1S/C17H24N2OSi/c1-21(2,3)11-7-5-4-6-8-14-12-15-9-10-16(20)19-17(15)18-13-14/h12-13H,4-6,8-10H2,1-3H3,(H,18,19,20). The summed E-state index contributed by atoms with van der Waals surface area (Å²) in [6, 6.07) is 2.19. The second-order valence-electron chi connectivity index (χ2n) is 6.66. The van der Waals surface area contributed by atoms with Crippen LogP contribution in [0, 0.1) is 11.5 Å². The summed E-state index contributed by atoms with van der Waals surface area (Å²) in [6.07, 6.45) is 7.60. The Morgan fingerprint density at radius 3 is 2.86 bits per heavy atom. The summed E-state index contributed by atoms with van der Waals surface area (Å²) in [5.74, 6) is 4.13. The predicted molar refractivity (Wildman–Crippen MR) is 89.9 cm³/mol. The molecule has 1 amide bonds. The van der Waals surface area contributed by atoms with Crippen molar-refractivity contribution in [1.82, 2.24) is 4.98 Å². The first kappa shape index (κ1) is 15.8. The molecule has 0 radical (unpaired) electrons. The number of anilines is 1. The Kier molecular flexibility index (Phi) is 5.19. The zero-order valence-corrected chi connectivity index (χ0v) is 14.3. The van der Waals surface area contributed by atoms with Gasteiger partial charge in [0, 0.05) is 19.0 Å². The van der Waals surface area contributed by atoms with Gasteiger partial charge < -0.3 is 5.32 Å². The highest BCUT2D eigenvalue weighted by Crippen LogP contribution is 2.21. The van der Waals surface area contributed by atoms with E-state index < -0.39 is 8.07 Å². The summed E-state index contributed by atoms with van der Waals surface area (Å²) < 4.78 is 0. The minimum absolute atomic E-state index is 0.0729. The van der Waals surface area contributed by atoms with Crippen LogP contribution in [0.3, 0.4) is 0 Å². The summed E-state index contributed by atoms with van der Waals surface area (Å²) in [6.45, 7) is 6.83. The van der Waals surface area contributed by atoms with Crippen molar-refractivity contribution in [2.24, 2.45) is 0 Å². The first-order valence-electron chi connectivity index (χ1n) is 7.72. The molecule has 2 heterocycles. The number of pyridine rings is 1. The number of nitrogens with one attached hydrogen (secondary N) is 1. The molecule has 0 fully saturated rings. The molecule has 0 aromatic carbocycles. The maximum absolute atomic E-state index is 11.3. The van der Waals surface area contributed by atoms with Crippen molar-refractivity contribution in [3.05, 3.63) is 23.4 Å². The van der Waals surface area contributed by atoms with Gasteiger partial charge in [-0.25, -0.2) is 4.98 Å². The van der Waals surface area contributed by atoms with E-state index in [-0.39, 0.29) is 5.91 Å². The lowest BCUT2D eigenvalue weighted by Crippen LogP contribution is -2.20. The normalized spacial score (nSPS) is 14.0. The average molecular weight is 300 g/mol. The Morgan fingerprint density at radius 1 is 1.29 bits per heavy atom. The lowest BCUT2D eigenvalue weighted by molar-refractivity contribution is -0.116. The monoisotopic (exact) mass is 300 g/mol. The quantitative estimate of drug-likeness (QED) is 0.525. The molecule has 0 atom stereocenters. The molecule has 0 aliphatic carbocycles. The van der Waals surface area contributed by atoms with E-state index in [1.807, 2.05) is 6.20 Å². The molecule has 1 aliphatic heterocycles. The molecule has 21 heavy (non-hydrogen) atoms. The van der Waals surface area contributed by atoms with E-state index in [2.05, 4.69) is 47.5 Å². The number of aryl methyl sites for hydroxylation is 2. The third kappa shape index (κ3) is 5.35. The molecule has 0 spiro atoms. The molecule has 2 rings (SSSR count). The molecular formula is C17H24N2OSi. The Hall–Kier alpha value is -1.60. The van der Waals surface area contributed by atoms with Crippen LogP contribution in [0.15, 0.2) is 12.3 Å². The van der Waals surface area contributed by atoms with Crippen LogP contribution in [0.25, 0.3) is 0 Å². The van der Waals surface area contributed by atoms with Gasteiger partial charge in [-0.3, -0.25) is 4.79 Å². The molecular weight excluding hydrogens is 276 g/mol. The topological polar surface area (TPSA) is 42.0 Å². The van der Waals surface area contributed by atoms with E-state index in [1.165, 1.54) is 11.1 Å². The van der Waals surface area contributed by atoms with Crippen LogP contribution < -0.4 is 5.32 Å². The number of carbonyl (C=O) groups is 1. The molecule has 1 aromatic rings. The Morgan fingerprint density at radius 2 is 2.10 bits per heavy atom. The Labute approximate surface area is 128 Å². The van der Waals surface area contributed by atoms with Gasteiger partial charge in [0.1, 0.15) is 13.9 Å². The Bertz CT molecular complexity index is 579. The smallest absolute Gasteiger partial charge is 0.225 e. The average Bonchev–Trinajstić information content (AvgIpc) is 2.41. The molecule has 1 aliphatic rings. The summed E-state index contributed by atoms with van der Waals surface area (Å²) in [7, 11) is -1.21. The summed E-state index contributed by atoms with van der Waals surface area (Å²) in [5.41, 5.74) is 5.84. The van der Waals surface area contributed by atoms with E-state index in [0.29, 0.717) is 6.42 Å². The number of amides is 1. The number of rotatable bonds is 4. The van der Waals surface area contributed by atoms with Crippen LogP contribution in [-0.2, 0) is 17.6 Å². The molecule has 1 aromatic heterocycles. The molecule has 0 bridgehead atoms.